The monoisotopic (exact) mass is 287 g/mol. The predicted octanol–water partition coefficient (Wildman–Crippen LogP) is 4.05. The molecule has 0 radical (unpaired) electrons. The number of rotatable bonds is 6. The highest BCUT2D eigenvalue weighted by Gasteiger charge is 2.06. The number of aryl methyl sites for hydroxylation is 1. The van der Waals surface area contributed by atoms with Gasteiger partial charge >= 0.3 is 0 Å². The zero-order valence-corrected chi connectivity index (χ0v) is 12.8. The average Bonchev–Trinajstić information content (AvgIpc) is 2.53. The summed E-state index contributed by atoms with van der Waals surface area (Å²) in [7, 11) is 1.68. The molecule has 1 unspecified atom stereocenters. The van der Waals surface area contributed by atoms with E-state index in [1.165, 1.54) is 16.0 Å². The molecule has 1 atom stereocenters. The first-order valence-corrected chi connectivity index (χ1v) is 7.98. The summed E-state index contributed by atoms with van der Waals surface area (Å²) < 4.78 is 5.16. The Hall–Kier alpha value is -1.45. The van der Waals surface area contributed by atoms with E-state index in [2.05, 4.69) is 42.7 Å². The third-order valence-electron chi connectivity index (χ3n) is 3.45. The van der Waals surface area contributed by atoms with Crippen LogP contribution in [-0.4, -0.2) is 13.4 Å². The number of nitrogens with two attached hydrogens (primary N) is 1. The van der Waals surface area contributed by atoms with Gasteiger partial charge in [-0.05, 0) is 54.5 Å². The second-order valence-electron chi connectivity index (χ2n) is 4.77. The van der Waals surface area contributed by atoms with Crippen LogP contribution < -0.4 is 10.5 Å². The lowest BCUT2D eigenvalue weighted by Crippen LogP contribution is -2.11. The van der Waals surface area contributed by atoms with Crippen molar-refractivity contribution < 1.29 is 4.74 Å². The summed E-state index contributed by atoms with van der Waals surface area (Å²) in [5.41, 5.74) is 8.76. The van der Waals surface area contributed by atoms with Crippen LogP contribution in [0.5, 0.6) is 5.75 Å². The molecule has 0 heterocycles. The maximum atomic E-state index is 6.26. The fraction of sp³-hybridized carbons (Fsp3) is 0.294. The zero-order valence-electron chi connectivity index (χ0n) is 12.0. The molecular weight excluding hydrogens is 266 g/mol. The second-order valence-corrected chi connectivity index (χ2v) is 5.65. The van der Waals surface area contributed by atoms with E-state index >= 15 is 0 Å². The van der Waals surface area contributed by atoms with Crippen molar-refractivity contribution in [2.75, 3.05) is 13.4 Å². The molecule has 2 aromatic rings. The van der Waals surface area contributed by atoms with E-state index in [1.54, 1.807) is 18.9 Å². The molecule has 0 saturated carbocycles. The van der Waals surface area contributed by atoms with Gasteiger partial charge in [0.05, 0.1) is 7.11 Å². The van der Waals surface area contributed by atoms with Crippen LogP contribution in [0.2, 0.25) is 0 Å². The topological polar surface area (TPSA) is 35.2 Å². The molecular formula is C17H21NOS. The number of ether oxygens (including phenoxy) is 1. The van der Waals surface area contributed by atoms with Crippen LogP contribution in [0.25, 0.3) is 0 Å². The molecule has 2 N–H and O–H groups in total. The van der Waals surface area contributed by atoms with Crippen LogP contribution in [0.3, 0.4) is 0 Å². The highest BCUT2D eigenvalue weighted by atomic mass is 32.2. The minimum atomic E-state index is 0.0907. The molecule has 2 aromatic carbocycles. The summed E-state index contributed by atoms with van der Waals surface area (Å²) >= 11 is 1.75. The van der Waals surface area contributed by atoms with E-state index in [9.17, 15) is 0 Å². The lowest BCUT2D eigenvalue weighted by Gasteiger charge is -2.12. The molecule has 0 aliphatic rings. The highest BCUT2D eigenvalue weighted by Crippen LogP contribution is 2.21. The van der Waals surface area contributed by atoms with Gasteiger partial charge in [0.1, 0.15) is 5.75 Å². The van der Waals surface area contributed by atoms with Crippen molar-refractivity contribution in [3.8, 4) is 5.75 Å². The first-order valence-electron chi connectivity index (χ1n) is 6.75. The Balaban J connectivity index is 1.91. The van der Waals surface area contributed by atoms with E-state index in [4.69, 9.17) is 10.5 Å². The van der Waals surface area contributed by atoms with Crippen molar-refractivity contribution in [1.29, 1.82) is 0 Å². The normalized spacial score (nSPS) is 12.2. The SMILES string of the molecule is COc1ccc(CCC(N)c2ccc(SC)cc2)cc1. The summed E-state index contributed by atoms with van der Waals surface area (Å²) in [5, 5.41) is 0. The second kappa shape index (κ2) is 7.36. The molecule has 2 nitrogen and oxygen atoms in total. The molecule has 0 aliphatic heterocycles. The summed E-state index contributed by atoms with van der Waals surface area (Å²) in [6.07, 6.45) is 4.01. The van der Waals surface area contributed by atoms with E-state index in [1.807, 2.05) is 12.1 Å². The van der Waals surface area contributed by atoms with Crippen molar-refractivity contribution in [2.45, 2.75) is 23.8 Å². The van der Waals surface area contributed by atoms with Crippen LogP contribution in [0.1, 0.15) is 23.6 Å². The van der Waals surface area contributed by atoms with Crippen molar-refractivity contribution in [2.24, 2.45) is 5.73 Å². The van der Waals surface area contributed by atoms with Gasteiger partial charge < -0.3 is 10.5 Å². The summed E-state index contributed by atoms with van der Waals surface area (Å²) in [6, 6.07) is 16.8. The molecule has 0 saturated heterocycles. The van der Waals surface area contributed by atoms with Crippen molar-refractivity contribution in [1.82, 2.24) is 0 Å². The van der Waals surface area contributed by atoms with Gasteiger partial charge in [-0.25, -0.2) is 0 Å². The Bertz CT molecular complexity index is 522. The fourth-order valence-corrected chi connectivity index (χ4v) is 2.54. The minimum absolute atomic E-state index is 0.0907. The highest BCUT2D eigenvalue weighted by molar-refractivity contribution is 7.98. The Morgan fingerprint density at radius 3 is 2.25 bits per heavy atom. The van der Waals surface area contributed by atoms with E-state index in [0.29, 0.717) is 0 Å². The molecule has 0 aromatic heterocycles. The predicted molar refractivity (Wildman–Crippen MR) is 86.5 cm³/mol. The van der Waals surface area contributed by atoms with Gasteiger partial charge in [0.25, 0.3) is 0 Å². The quantitative estimate of drug-likeness (QED) is 0.814. The molecule has 20 heavy (non-hydrogen) atoms. The molecule has 0 spiro atoms. The maximum absolute atomic E-state index is 6.26. The molecule has 0 fully saturated rings. The summed E-state index contributed by atoms with van der Waals surface area (Å²) in [4.78, 5) is 1.27. The van der Waals surface area contributed by atoms with Gasteiger partial charge in [-0.15, -0.1) is 11.8 Å². The van der Waals surface area contributed by atoms with E-state index in [0.717, 1.165) is 18.6 Å². The molecule has 0 bridgehead atoms. The van der Waals surface area contributed by atoms with Crippen molar-refractivity contribution in [3.05, 3.63) is 59.7 Å². The number of benzene rings is 2. The summed E-state index contributed by atoms with van der Waals surface area (Å²) in [5.74, 6) is 0.894. The number of hydrogen-bond donors (Lipinski definition) is 1. The van der Waals surface area contributed by atoms with E-state index < -0.39 is 0 Å². The van der Waals surface area contributed by atoms with Crippen LogP contribution in [0, 0.1) is 0 Å². The lowest BCUT2D eigenvalue weighted by molar-refractivity contribution is 0.414. The van der Waals surface area contributed by atoms with Gasteiger partial charge in [-0.2, -0.15) is 0 Å². The smallest absolute Gasteiger partial charge is 0.118 e. The molecule has 2 rings (SSSR count). The Kier molecular flexibility index (Phi) is 5.50. The van der Waals surface area contributed by atoms with Crippen LogP contribution in [0.15, 0.2) is 53.4 Å². The van der Waals surface area contributed by atoms with Gasteiger partial charge in [-0.1, -0.05) is 24.3 Å². The first kappa shape index (κ1) is 14.9. The fourth-order valence-electron chi connectivity index (χ4n) is 2.13. The van der Waals surface area contributed by atoms with Gasteiger partial charge in [0.2, 0.25) is 0 Å². The third-order valence-corrected chi connectivity index (χ3v) is 4.19. The van der Waals surface area contributed by atoms with Crippen molar-refractivity contribution >= 4 is 11.8 Å². The number of hydrogen-bond acceptors (Lipinski definition) is 3. The molecule has 0 amide bonds. The first-order chi connectivity index (χ1) is 9.72. The summed E-state index contributed by atoms with van der Waals surface area (Å²) in [6.45, 7) is 0. The standard InChI is InChI=1S/C17H21NOS/c1-19-15-8-3-13(4-9-15)5-12-17(18)14-6-10-16(20-2)11-7-14/h3-4,6-11,17H,5,12,18H2,1-2H3. The van der Waals surface area contributed by atoms with Crippen LogP contribution in [0.4, 0.5) is 0 Å². The minimum Gasteiger partial charge on any atom is -0.497 e. The van der Waals surface area contributed by atoms with Gasteiger partial charge in [-0.3, -0.25) is 0 Å². The van der Waals surface area contributed by atoms with Gasteiger partial charge in [0.15, 0.2) is 0 Å². The van der Waals surface area contributed by atoms with Crippen molar-refractivity contribution in [3.63, 3.8) is 0 Å². The average molecular weight is 287 g/mol. The zero-order chi connectivity index (χ0) is 14.4. The van der Waals surface area contributed by atoms with Gasteiger partial charge in [0, 0.05) is 10.9 Å². The molecule has 106 valence electrons. The Labute approximate surface area is 125 Å². The van der Waals surface area contributed by atoms with Crippen LogP contribution in [-0.2, 0) is 6.42 Å². The molecule has 0 aliphatic carbocycles. The number of thioether (sulfide) groups is 1. The lowest BCUT2D eigenvalue weighted by atomic mass is 10.00. The third kappa shape index (κ3) is 4.02. The van der Waals surface area contributed by atoms with Crippen LogP contribution >= 0.6 is 11.8 Å². The Morgan fingerprint density at radius 1 is 1.05 bits per heavy atom. The maximum Gasteiger partial charge on any atom is 0.118 e. The van der Waals surface area contributed by atoms with E-state index in [-0.39, 0.29) is 6.04 Å². The number of methoxy groups -OCH3 is 1. The molecule has 3 heteroatoms. The Morgan fingerprint density at radius 2 is 1.70 bits per heavy atom. The largest absolute Gasteiger partial charge is 0.497 e.